The second kappa shape index (κ2) is 9.26. The first kappa shape index (κ1) is 25.2. The van der Waals surface area contributed by atoms with Gasteiger partial charge in [-0.05, 0) is 80.0 Å². The predicted octanol–water partition coefficient (Wildman–Crippen LogP) is 6.54. The normalized spacial score (nSPS) is 22.6. The van der Waals surface area contributed by atoms with Crippen LogP contribution in [0.25, 0.3) is 10.9 Å². The van der Waals surface area contributed by atoms with E-state index in [9.17, 15) is 18.7 Å². The number of carbonyl (C=O) groups is 1. The molecule has 3 aliphatic rings. The summed E-state index contributed by atoms with van der Waals surface area (Å²) in [7, 11) is 1.69. The van der Waals surface area contributed by atoms with Gasteiger partial charge in [-0.3, -0.25) is 4.90 Å². The monoisotopic (exact) mass is 523 g/mol. The number of benzene rings is 2. The Morgan fingerprint density at radius 1 is 1.16 bits per heavy atom. The van der Waals surface area contributed by atoms with E-state index >= 15 is 0 Å². The molecule has 0 radical (unpaired) electrons. The molecule has 202 valence electrons. The molecule has 8 heteroatoms. The van der Waals surface area contributed by atoms with Crippen LogP contribution in [0.15, 0.2) is 36.5 Å². The number of hydrogen-bond donors (Lipinski definition) is 2. The largest absolute Gasteiger partial charge is 0.496 e. The van der Waals surface area contributed by atoms with E-state index in [1.54, 1.807) is 19.2 Å². The number of likely N-dealkylation sites (tertiary alicyclic amines) is 1. The summed E-state index contributed by atoms with van der Waals surface area (Å²) in [6, 6.07) is 9.42. The third-order valence-corrected chi connectivity index (χ3v) is 9.04. The van der Waals surface area contributed by atoms with Gasteiger partial charge in [-0.25, -0.2) is 13.6 Å². The number of H-pyrrole nitrogens is 1. The fourth-order valence-electron chi connectivity index (χ4n) is 7.21. The third-order valence-electron chi connectivity index (χ3n) is 9.04. The van der Waals surface area contributed by atoms with Crippen LogP contribution < -0.4 is 9.64 Å². The topological polar surface area (TPSA) is 68.8 Å². The highest BCUT2D eigenvalue weighted by atomic mass is 19.3. The van der Waals surface area contributed by atoms with Gasteiger partial charge < -0.3 is 19.7 Å². The molecule has 1 unspecified atom stereocenters. The summed E-state index contributed by atoms with van der Waals surface area (Å²) in [5, 5.41) is 10.8. The molecule has 1 atom stereocenters. The SMILES string of the molecule is COc1cc(C)c2[nH]ccc2c1CN1CCC2(CC1c1ccc(C(=O)O)cc1N1CCCC1)CC(F)(F)C2. The summed E-state index contributed by atoms with van der Waals surface area (Å²) in [6.45, 7) is 5.13. The van der Waals surface area contributed by atoms with Crippen LogP contribution in [0, 0.1) is 12.3 Å². The molecule has 2 aromatic carbocycles. The van der Waals surface area contributed by atoms with Crippen LogP contribution in [0.1, 0.15) is 71.6 Å². The van der Waals surface area contributed by atoms with E-state index < -0.39 is 11.9 Å². The molecule has 6 nitrogen and oxygen atoms in total. The molecule has 1 aliphatic carbocycles. The van der Waals surface area contributed by atoms with Gasteiger partial charge in [0.15, 0.2) is 0 Å². The molecule has 38 heavy (non-hydrogen) atoms. The zero-order chi connectivity index (χ0) is 26.7. The number of alkyl halides is 2. The zero-order valence-corrected chi connectivity index (χ0v) is 22.0. The number of ether oxygens (including phenoxy) is 1. The highest BCUT2D eigenvalue weighted by molar-refractivity contribution is 5.89. The Balaban J connectivity index is 1.43. The van der Waals surface area contributed by atoms with Crippen molar-refractivity contribution in [3.63, 3.8) is 0 Å². The third kappa shape index (κ3) is 4.32. The van der Waals surface area contributed by atoms with Crippen molar-refractivity contribution in [2.75, 3.05) is 31.6 Å². The minimum absolute atomic E-state index is 0.0630. The molecular weight excluding hydrogens is 488 g/mol. The number of nitrogens with one attached hydrogen (secondary N) is 1. The number of halogens is 2. The lowest BCUT2D eigenvalue weighted by atomic mass is 9.58. The highest BCUT2D eigenvalue weighted by Crippen LogP contribution is 2.61. The fourth-order valence-corrected chi connectivity index (χ4v) is 7.21. The number of hydrogen-bond acceptors (Lipinski definition) is 4. The van der Waals surface area contributed by atoms with Gasteiger partial charge in [0, 0.05) is 66.9 Å². The van der Waals surface area contributed by atoms with E-state index in [2.05, 4.69) is 33.8 Å². The van der Waals surface area contributed by atoms with Crippen LogP contribution in [0.4, 0.5) is 14.5 Å². The minimum Gasteiger partial charge on any atom is -0.496 e. The molecule has 2 N–H and O–H groups in total. The van der Waals surface area contributed by atoms with E-state index in [1.165, 1.54) is 0 Å². The molecule has 6 rings (SSSR count). The number of aromatic carboxylic acids is 1. The van der Waals surface area contributed by atoms with Crippen LogP contribution in [0.2, 0.25) is 0 Å². The second-order valence-corrected chi connectivity index (χ2v) is 11.6. The molecular formula is C30H35F2N3O3. The number of carboxylic acids is 1. The summed E-state index contributed by atoms with van der Waals surface area (Å²) < 4.78 is 34.2. The van der Waals surface area contributed by atoms with Crippen molar-refractivity contribution in [2.24, 2.45) is 5.41 Å². The molecule has 1 aromatic heterocycles. The van der Waals surface area contributed by atoms with Crippen LogP contribution in [-0.4, -0.2) is 53.6 Å². The first-order chi connectivity index (χ1) is 18.2. The lowest BCUT2D eigenvalue weighted by Gasteiger charge is -2.55. The number of rotatable bonds is 6. The Morgan fingerprint density at radius 2 is 1.92 bits per heavy atom. The van der Waals surface area contributed by atoms with Crippen LogP contribution >= 0.6 is 0 Å². The Kier molecular flexibility index (Phi) is 6.13. The van der Waals surface area contributed by atoms with Crippen molar-refractivity contribution in [2.45, 2.75) is 64.0 Å². The van der Waals surface area contributed by atoms with Gasteiger partial charge in [-0.1, -0.05) is 6.07 Å². The van der Waals surface area contributed by atoms with Crippen LogP contribution in [0.5, 0.6) is 5.75 Å². The maximum atomic E-state index is 14.2. The average Bonchev–Trinajstić information content (AvgIpc) is 3.58. The van der Waals surface area contributed by atoms with Crippen molar-refractivity contribution in [3.8, 4) is 5.75 Å². The number of carboxylic acid groups (broad SMARTS) is 1. The van der Waals surface area contributed by atoms with Crippen molar-refractivity contribution in [1.29, 1.82) is 0 Å². The molecule has 0 amide bonds. The van der Waals surface area contributed by atoms with E-state index in [0.717, 1.165) is 71.4 Å². The summed E-state index contributed by atoms with van der Waals surface area (Å²) in [5.41, 5.74) is 5.13. The number of piperidine rings is 1. The van der Waals surface area contributed by atoms with Crippen molar-refractivity contribution in [3.05, 3.63) is 58.8 Å². The number of aryl methyl sites for hydroxylation is 1. The van der Waals surface area contributed by atoms with E-state index in [1.807, 2.05) is 12.3 Å². The predicted molar refractivity (Wildman–Crippen MR) is 143 cm³/mol. The number of fused-ring (bicyclic) bond motifs is 1. The van der Waals surface area contributed by atoms with E-state index in [0.29, 0.717) is 19.5 Å². The number of aromatic nitrogens is 1. The number of nitrogens with zero attached hydrogens (tertiary/aromatic N) is 2. The van der Waals surface area contributed by atoms with Gasteiger partial charge in [-0.2, -0.15) is 0 Å². The lowest BCUT2D eigenvalue weighted by Crippen LogP contribution is -2.53. The van der Waals surface area contributed by atoms with Crippen LogP contribution in [0.3, 0.4) is 0 Å². The van der Waals surface area contributed by atoms with Gasteiger partial charge in [0.25, 0.3) is 0 Å². The maximum Gasteiger partial charge on any atom is 0.335 e. The molecule has 2 aliphatic heterocycles. The average molecular weight is 524 g/mol. The molecule has 0 bridgehead atoms. The molecule has 1 spiro atoms. The second-order valence-electron chi connectivity index (χ2n) is 11.6. The Morgan fingerprint density at radius 3 is 2.61 bits per heavy atom. The van der Waals surface area contributed by atoms with Crippen LogP contribution in [-0.2, 0) is 6.54 Å². The minimum atomic E-state index is -2.59. The fraction of sp³-hybridized carbons (Fsp3) is 0.500. The van der Waals surface area contributed by atoms with Gasteiger partial charge in [0.05, 0.1) is 12.7 Å². The standard InChI is InChI=1S/C30H35F2N3O3/c1-19-13-26(38-2)23(21-7-9-33-27(19)21)16-35-12-8-29(17-30(31,32)18-29)15-25(35)22-6-5-20(28(36)37)14-24(22)34-10-3-4-11-34/h5-7,9,13-14,25,33H,3-4,8,10-12,15-18H2,1-2H3,(H,36,37). The summed E-state index contributed by atoms with van der Waals surface area (Å²) in [4.78, 5) is 19.9. The van der Waals surface area contributed by atoms with Gasteiger partial charge in [-0.15, -0.1) is 0 Å². The smallest absolute Gasteiger partial charge is 0.335 e. The molecule has 3 fully saturated rings. The van der Waals surface area contributed by atoms with E-state index in [4.69, 9.17) is 4.74 Å². The number of anilines is 1. The van der Waals surface area contributed by atoms with Crippen molar-refractivity contribution in [1.82, 2.24) is 9.88 Å². The first-order valence-corrected chi connectivity index (χ1v) is 13.6. The van der Waals surface area contributed by atoms with Crippen molar-refractivity contribution >= 4 is 22.6 Å². The van der Waals surface area contributed by atoms with Gasteiger partial charge in [0.2, 0.25) is 5.92 Å². The summed E-state index contributed by atoms with van der Waals surface area (Å²) in [6.07, 6.45) is 5.31. The molecule has 3 heterocycles. The van der Waals surface area contributed by atoms with Crippen molar-refractivity contribution < 1.29 is 23.4 Å². The van der Waals surface area contributed by atoms with E-state index in [-0.39, 0.29) is 29.9 Å². The quantitative estimate of drug-likeness (QED) is 0.384. The first-order valence-electron chi connectivity index (χ1n) is 13.6. The lowest BCUT2D eigenvalue weighted by molar-refractivity contribution is -0.186. The zero-order valence-electron chi connectivity index (χ0n) is 22.0. The summed E-state index contributed by atoms with van der Waals surface area (Å²) >= 11 is 0. The maximum absolute atomic E-state index is 14.2. The number of aromatic amines is 1. The Labute approximate surface area is 221 Å². The van der Waals surface area contributed by atoms with Gasteiger partial charge in [0.1, 0.15) is 5.75 Å². The summed E-state index contributed by atoms with van der Waals surface area (Å²) in [5.74, 6) is -2.72. The molecule has 1 saturated carbocycles. The number of methoxy groups -OCH3 is 1. The Hall–Kier alpha value is -3.13. The molecule has 2 saturated heterocycles. The Bertz CT molecular complexity index is 1370. The molecule has 3 aromatic rings. The van der Waals surface area contributed by atoms with Gasteiger partial charge >= 0.3 is 5.97 Å². The highest BCUT2D eigenvalue weighted by Gasteiger charge is 2.58.